The Bertz CT molecular complexity index is 399. The van der Waals surface area contributed by atoms with E-state index in [2.05, 4.69) is 5.32 Å². The predicted molar refractivity (Wildman–Crippen MR) is 77.2 cm³/mol. The second kappa shape index (κ2) is 5.74. The Balaban J connectivity index is 1.58. The minimum atomic E-state index is -0.0550. The van der Waals surface area contributed by atoms with Gasteiger partial charge in [-0.05, 0) is 19.3 Å². The molecule has 1 heterocycles. The van der Waals surface area contributed by atoms with Crippen LogP contribution in [0.5, 0.6) is 0 Å². The Morgan fingerprint density at radius 2 is 2.05 bits per heavy atom. The van der Waals surface area contributed by atoms with Crippen LogP contribution in [0.4, 0.5) is 4.79 Å². The molecule has 0 aromatic heterocycles. The first-order valence-corrected chi connectivity index (χ1v) is 7.79. The molecule has 1 saturated heterocycles. The zero-order valence-corrected chi connectivity index (χ0v) is 13.1. The summed E-state index contributed by atoms with van der Waals surface area (Å²) in [7, 11) is 5.32. The van der Waals surface area contributed by atoms with E-state index in [9.17, 15) is 4.79 Å². The fourth-order valence-electron chi connectivity index (χ4n) is 4.14. The van der Waals surface area contributed by atoms with E-state index in [0.717, 1.165) is 6.42 Å². The number of urea groups is 1. The van der Waals surface area contributed by atoms with Crippen LogP contribution in [-0.4, -0.2) is 69.7 Å². The number of rotatable bonds is 4. The molecule has 2 aliphatic carbocycles. The van der Waals surface area contributed by atoms with Crippen molar-refractivity contribution in [1.29, 1.82) is 0 Å². The fraction of sp³-hybridized carbons (Fsp3) is 0.933. The first-order chi connectivity index (χ1) is 10.1. The Hall–Kier alpha value is -0.850. The molecule has 1 spiro atoms. The second-order valence-corrected chi connectivity index (χ2v) is 6.54. The molecule has 0 radical (unpaired) electrons. The highest BCUT2D eigenvalue weighted by Crippen LogP contribution is 2.58. The summed E-state index contributed by atoms with van der Waals surface area (Å²) in [6, 6.07) is 0.207. The minimum absolute atomic E-state index is 0.0293. The number of methoxy groups -OCH3 is 2. The summed E-state index contributed by atoms with van der Waals surface area (Å²) in [6.45, 7) is 1.07. The van der Waals surface area contributed by atoms with Gasteiger partial charge in [-0.2, -0.15) is 0 Å². The molecular formula is C15H26N2O4. The van der Waals surface area contributed by atoms with Crippen LogP contribution < -0.4 is 5.32 Å². The van der Waals surface area contributed by atoms with Crippen LogP contribution in [0.1, 0.15) is 25.7 Å². The maximum Gasteiger partial charge on any atom is 0.317 e. The minimum Gasteiger partial charge on any atom is -0.381 e. The first kappa shape index (κ1) is 15.1. The molecule has 2 amide bonds. The molecule has 3 rings (SSSR count). The first-order valence-electron chi connectivity index (χ1n) is 7.79. The number of carbonyl (C=O) groups excluding carboxylic acids is 1. The molecule has 1 aliphatic heterocycles. The summed E-state index contributed by atoms with van der Waals surface area (Å²) >= 11 is 0. The lowest BCUT2D eigenvalue weighted by Crippen LogP contribution is -2.68. The normalized spacial score (nSPS) is 36.9. The van der Waals surface area contributed by atoms with Crippen LogP contribution >= 0.6 is 0 Å². The summed E-state index contributed by atoms with van der Waals surface area (Å²) < 4.78 is 16.3. The fourth-order valence-corrected chi connectivity index (χ4v) is 4.14. The number of carbonyl (C=O) groups is 1. The summed E-state index contributed by atoms with van der Waals surface area (Å²) in [5.74, 6) is 0. The van der Waals surface area contributed by atoms with Gasteiger partial charge in [0.15, 0.2) is 0 Å². The lowest BCUT2D eigenvalue weighted by Gasteiger charge is -2.62. The quantitative estimate of drug-likeness (QED) is 0.841. The van der Waals surface area contributed by atoms with Crippen molar-refractivity contribution in [3.63, 3.8) is 0 Å². The Labute approximate surface area is 126 Å². The molecule has 6 nitrogen and oxygen atoms in total. The van der Waals surface area contributed by atoms with E-state index >= 15 is 0 Å². The standard InChI is InChI=1S/C15H26N2O4/c1-17(12-7-13(20-3)15(12)5-4-6-15)14(18)16-10-8-21-9-11(10)19-2/h10-13H,4-9H2,1-3H3,(H,16,18)/t10-,11+,12?,13?/m1/s1. The van der Waals surface area contributed by atoms with Crippen molar-refractivity contribution < 1.29 is 19.0 Å². The maximum atomic E-state index is 12.5. The lowest BCUT2D eigenvalue weighted by molar-refractivity contribution is -0.182. The summed E-state index contributed by atoms with van der Waals surface area (Å²) in [5, 5.41) is 3.04. The van der Waals surface area contributed by atoms with E-state index in [1.807, 2.05) is 11.9 Å². The van der Waals surface area contributed by atoms with Crippen LogP contribution in [0.15, 0.2) is 0 Å². The monoisotopic (exact) mass is 298 g/mol. The number of hydrogen-bond donors (Lipinski definition) is 1. The largest absolute Gasteiger partial charge is 0.381 e. The van der Waals surface area contributed by atoms with Gasteiger partial charge in [0.1, 0.15) is 6.10 Å². The Morgan fingerprint density at radius 1 is 1.29 bits per heavy atom. The third kappa shape index (κ3) is 2.33. The summed E-state index contributed by atoms with van der Waals surface area (Å²) in [6.07, 6.45) is 4.78. The molecule has 2 unspecified atom stereocenters. The van der Waals surface area contributed by atoms with Gasteiger partial charge in [0.05, 0.1) is 25.4 Å². The molecule has 0 aromatic rings. The van der Waals surface area contributed by atoms with Gasteiger partial charge in [-0.1, -0.05) is 6.42 Å². The molecule has 3 aliphatic rings. The number of ether oxygens (including phenoxy) is 3. The topological polar surface area (TPSA) is 60.0 Å². The van der Waals surface area contributed by atoms with Gasteiger partial charge in [-0.3, -0.25) is 0 Å². The zero-order valence-electron chi connectivity index (χ0n) is 13.1. The summed E-state index contributed by atoms with van der Waals surface area (Å²) in [4.78, 5) is 14.3. The van der Waals surface area contributed by atoms with E-state index in [4.69, 9.17) is 14.2 Å². The van der Waals surface area contributed by atoms with E-state index in [0.29, 0.717) is 25.4 Å². The average Bonchev–Trinajstić information content (AvgIpc) is 2.83. The van der Waals surface area contributed by atoms with Gasteiger partial charge in [-0.15, -0.1) is 0 Å². The van der Waals surface area contributed by atoms with Crippen molar-refractivity contribution in [3.05, 3.63) is 0 Å². The predicted octanol–water partition coefficient (Wildman–Crippen LogP) is 0.999. The molecule has 0 aromatic carbocycles. The van der Waals surface area contributed by atoms with Crippen molar-refractivity contribution in [2.75, 3.05) is 34.5 Å². The van der Waals surface area contributed by atoms with Gasteiger partial charge >= 0.3 is 6.03 Å². The number of amides is 2. The van der Waals surface area contributed by atoms with Gasteiger partial charge in [0.25, 0.3) is 0 Å². The van der Waals surface area contributed by atoms with Crippen LogP contribution in [0, 0.1) is 5.41 Å². The van der Waals surface area contributed by atoms with E-state index < -0.39 is 0 Å². The van der Waals surface area contributed by atoms with Crippen molar-refractivity contribution in [1.82, 2.24) is 10.2 Å². The SMILES string of the molecule is COC1CC(N(C)C(=O)N[C@@H]2COC[C@@H]2OC)C12CCC2. The number of hydrogen-bond acceptors (Lipinski definition) is 4. The Morgan fingerprint density at radius 3 is 2.62 bits per heavy atom. The highest BCUT2D eigenvalue weighted by molar-refractivity contribution is 5.75. The smallest absolute Gasteiger partial charge is 0.317 e. The van der Waals surface area contributed by atoms with Gasteiger partial charge < -0.3 is 24.4 Å². The summed E-state index contributed by atoms with van der Waals surface area (Å²) in [5.41, 5.74) is 0.202. The molecule has 3 fully saturated rings. The lowest BCUT2D eigenvalue weighted by atomic mass is 9.50. The average molecular weight is 298 g/mol. The molecule has 21 heavy (non-hydrogen) atoms. The van der Waals surface area contributed by atoms with E-state index in [1.54, 1.807) is 14.2 Å². The van der Waals surface area contributed by atoms with Crippen molar-refractivity contribution in [2.24, 2.45) is 5.41 Å². The van der Waals surface area contributed by atoms with Crippen LogP contribution in [0.3, 0.4) is 0 Å². The van der Waals surface area contributed by atoms with Gasteiger partial charge in [0, 0.05) is 32.7 Å². The van der Waals surface area contributed by atoms with Crippen LogP contribution in [0.2, 0.25) is 0 Å². The van der Waals surface area contributed by atoms with Crippen LogP contribution in [0.25, 0.3) is 0 Å². The van der Waals surface area contributed by atoms with E-state index in [-0.39, 0.29) is 23.6 Å². The second-order valence-electron chi connectivity index (χ2n) is 6.54. The molecular weight excluding hydrogens is 272 g/mol. The molecule has 120 valence electrons. The molecule has 2 saturated carbocycles. The molecule has 4 atom stereocenters. The third-order valence-electron chi connectivity index (χ3n) is 5.74. The van der Waals surface area contributed by atoms with Crippen molar-refractivity contribution >= 4 is 6.03 Å². The number of nitrogens with zero attached hydrogens (tertiary/aromatic N) is 1. The maximum absolute atomic E-state index is 12.5. The molecule has 0 bridgehead atoms. The molecule has 1 N–H and O–H groups in total. The van der Waals surface area contributed by atoms with Crippen LogP contribution in [-0.2, 0) is 14.2 Å². The van der Waals surface area contributed by atoms with Gasteiger partial charge in [-0.25, -0.2) is 4.79 Å². The van der Waals surface area contributed by atoms with E-state index in [1.165, 1.54) is 19.3 Å². The molecule has 6 heteroatoms. The Kier molecular flexibility index (Phi) is 4.12. The van der Waals surface area contributed by atoms with Gasteiger partial charge in [0.2, 0.25) is 0 Å². The highest BCUT2D eigenvalue weighted by Gasteiger charge is 2.60. The zero-order chi connectivity index (χ0) is 15.0. The van der Waals surface area contributed by atoms with Crippen molar-refractivity contribution in [2.45, 2.75) is 50.0 Å². The number of nitrogens with one attached hydrogen (secondary N) is 1. The van der Waals surface area contributed by atoms with Crippen molar-refractivity contribution in [3.8, 4) is 0 Å². The highest BCUT2D eigenvalue weighted by atomic mass is 16.5. The third-order valence-corrected chi connectivity index (χ3v) is 5.74.